The quantitative estimate of drug-likeness (QED) is 0.660. The fourth-order valence-corrected chi connectivity index (χ4v) is 1.02. The Morgan fingerprint density at radius 2 is 2.30 bits per heavy atom. The topological polar surface area (TPSA) is 22.1 Å². The Kier molecular flexibility index (Phi) is 6.43. The van der Waals surface area contributed by atoms with Crippen LogP contribution in [0.25, 0.3) is 0 Å². The van der Waals surface area contributed by atoms with Crippen LogP contribution in [0.15, 0.2) is 11.7 Å². The van der Waals surface area contributed by atoms with Crippen LogP contribution in [0.4, 0.5) is 0 Å². The lowest BCUT2D eigenvalue weighted by molar-refractivity contribution is 0.187. The van der Waals surface area contributed by atoms with Gasteiger partial charge < -0.3 is 4.74 Å². The fraction of sp³-hybridized carbons (Fsp3) is 0.571. The number of ether oxygens (including phenoxy) is 1. The van der Waals surface area contributed by atoms with Gasteiger partial charge in [0.05, 0.1) is 17.0 Å². The normalized spacial score (nSPS) is 8.30. The lowest BCUT2D eigenvalue weighted by Crippen LogP contribution is -1.79. The molecule has 0 aliphatic heterocycles. The number of nitrogens with zero attached hydrogens (tertiary/aromatic N) is 1. The third-order valence-corrected chi connectivity index (χ3v) is 1.52. The van der Waals surface area contributed by atoms with Crippen molar-refractivity contribution in [3.05, 3.63) is 16.6 Å². The summed E-state index contributed by atoms with van der Waals surface area (Å²) in [7, 11) is 1.68. The van der Waals surface area contributed by atoms with Gasteiger partial charge in [0, 0.05) is 13.3 Å². The van der Waals surface area contributed by atoms with Crippen molar-refractivity contribution in [1.29, 1.82) is 0 Å². The molecule has 0 N–H and O–H groups in total. The maximum Gasteiger partial charge on any atom is 0.0821 e. The second kappa shape index (κ2) is 6.71. The van der Waals surface area contributed by atoms with Crippen molar-refractivity contribution in [2.45, 2.75) is 20.5 Å². The van der Waals surface area contributed by atoms with Gasteiger partial charge in [0.25, 0.3) is 0 Å². The molecule has 0 aliphatic rings. The molecule has 10 heavy (non-hydrogen) atoms. The molecule has 1 rings (SSSR count). The van der Waals surface area contributed by atoms with Gasteiger partial charge in [-0.25, -0.2) is 0 Å². The van der Waals surface area contributed by atoms with E-state index < -0.39 is 0 Å². The SMILES string of the molecule is CC.COCc1cncs1. The van der Waals surface area contributed by atoms with E-state index in [0.29, 0.717) is 6.61 Å². The van der Waals surface area contributed by atoms with Crippen molar-refractivity contribution in [1.82, 2.24) is 4.98 Å². The Labute approximate surface area is 65.9 Å². The van der Waals surface area contributed by atoms with Crippen molar-refractivity contribution < 1.29 is 4.74 Å². The number of methoxy groups -OCH3 is 1. The predicted molar refractivity (Wildman–Crippen MR) is 44.2 cm³/mol. The summed E-state index contributed by atoms with van der Waals surface area (Å²) in [6, 6.07) is 0. The molecule has 0 spiro atoms. The number of hydrogen-bond acceptors (Lipinski definition) is 3. The summed E-state index contributed by atoms with van der Waals surface area (Å²) in [5.74, 6) is 0. The molecule has 1 heterocycles. The predicted octanol–water partition coefficient (Wildman–Crippen LogP) is 2.32. The van der Waals surface area contributed by atoms with Crippen LogP contribution in [0.2, 0.25) is 0 Å². The number of hydrogen-bond donors (Lipinski definition) is 0. The van der Waals surface area contributed by atoms with Gasteiger partial charge in [0.15, 0.2) is 0 Å². The molecule has 1 aromatic rings. The molecule has 0 saturated heterocycles. The van der Waals surface area contributed by atoms with Crippen LogP contribution in [-0.4, -0.2) is 12.1 Å². The van der Waals surface area contributed by atoms with Crippen LogP contribution in [0.1, 0.15) is 18.7 Å². The third-order valence-electron chi connectivity index (χ3n) is 0.770. The molecule has 1 aromatic heterocycles. The van der Waals surface area contributed by atoms with Gasteiger partial charge in [-0.15, -0.1) is 11.3 Å². The molecular weight excluding hydrogens is 146 g/mol. The average Bonchev–Trinajstić information content (AvgIpc) is 2.46. The highest BCUT2D eigenvalue weighted by Gasteiger charge is 1.88. The van der Waals surface area contributed by atoms with Crippen LogP contribution < -0.4 is 0 Å². The lowest BCUT2D eigenvalue weighted by atomic mass is 10.6. The summed E-state index contributed by atoms with van der Waals surface area (Å²) < 4.78 is 4.86. The molecule has 0 bridgehead atoms. The van der Waals surface area contributed by atoms with E-state index in [1.807, 2.05) is 20.0 Å². The van der Waals surface area contributed by atoms with E-state index >= 15 is 0 Å². The van der Waals surface area contributed by atoms with Crippen molar-refractivity contribution in [2.75, 3.05) is 7.11 Å². The summed E-state index contributed by atoms with van der Waals surface area (Å²) in [5, 5.41) is 0. The molecule has 0 atom stereocenters. The Balaban J connectivity index is 0.000000371. The molecule has 0 fully saturated rings. The molecule has 58 valence electrons. The summed E-state index contributed by atoms with van der Waals surface area (Å²) in [4.78, 5) is 5.05. The highest BCUT2D eigenvalue weighted by atomic mass is 32.1. The van der Waals surface area contributed by atoms with Gasteiger partial charge in [-0.3, -0.25) is 4.98 Å². The van der Waals surface area contributed by atoms with Crippen LogP contribution in [-0.2, 0) is 11.3 Å². The summed E-state index contributed by atoms with van der Waals surface area (Å²) in [5.41, 5.74) is 1.80. The van der Waals surface area contributed by atoms with E-state index in [1.165, 1.54) is 4.88 Å². The van der Waals surface area contributed by atoms with E-state index in [9.17, 15) is 0 Å². The first kappa shape index (κ1) is 9.59. The first-order chi connectivity index (χ1) is 4.93. The largest absolute Gasteiger partial charge is 0.379 e. The summed E-state index contributed by atoms with van der Waals surface area (Å²) in [6.07, 6.45) is 1.81. The maximum atomic E-state index is 4.86. The summed E-state index contributed by atoms with van der Waals surface area (Å²) in [6.45, 7) is 4.69. The third kappa shape index (κ3) is 3.58. The molecule has 0 unspecified atom stereocenters. The highest BCUT2D eigenvalue weighted by molar-refractivity contribution is 7.09. The molecule has 2 nitrogen and oxygen atoms in total. The van der Waals surface area contributed by atoms with Crippen molar-refractivity contribution >= 4 is 11.3 Å². The minimum Gasteiger partial charge on any atom is -0.379 e. The minimum atomic E-state index is 0.685. The smallest absolute Gasteiger partial charge is 0.0821 e. The standard InChI is InChI=1S/C5H7NOS.C2H6/c1-7-3-5-2-6-4-8-5;1-2/h2,4H,3H2,1H3;1-2H3. The number of aromatic nitrogens is 1. The first-order valence-corrected chi connectivity index (χ1v) is 4.18. The molecular formula is C7H13NOS. The number of thiazole rings is 1. The molecule has 0 aliphatic carbocycles. The summed E-state index contributed by atoms with van der Waals surface area (Å²) >= 11 is 1.61. The van der Waals surface area contributed by atoms with E-state index in [0.717, 1.165) is 0 Å². The van der Waals surface area contributed by atoms with E-state index in [2.05, 4.69) is 4.98 Å². The van der Waals surface area contributed by atoms with Crippen LogP contribution in [0, 0.1) is 0 Å². The zero-order chi connectivity index (χ0) is 7.82. The van der Waals surface area contributed by atoms with Gasteiger partial charge >= 0.3 is 0 Å². The van der Waals surface area contributed by atoms with Gasteiger partial charge in [-0.1, -0.05) is 13.8 Å². The molecule has 3 heteroatoms. The Morgan fingerprint density at radius 1 is 1.60 bits per heavy atom. The molecule has 0 amide bonds. The lowest BCUT2D eigenvalue weighted by Gasteiger charge is -1.87. The van der Waals surface area contributed by atoms with Crippen LogP contribution in [0.5, 0.6) is 0 Å². The van der Waals surface area contributed by atoms with Gasteiger partial charge in [0.1, 0.15) is 0 Å². The average molecular weight is 159 g/mol. The van der Waals surface area contributed by atoms with Crippen molar-refractivity contribution in [3.63, 3.8) is 0 Å². The number of rotatable bonds is 2. The zero-order valence-electron chi connectivity index (χ0n) is 6.63. The maximum absolute atomic E-state index is 4.86. The zero-order valence-corrected chi connectivity index (χ0v) is 7.44. The molecule has 0 saturated carbocycles. The van der Waals surface area contributed by atoms with Crippen LogP contribution >= 0.6 is 11.3 Å². The first-order valence-electron chi connectivity index (χ1n) is 3.30. The Morgan fingerprint density at radius 3 is 2.70 bits per heavy atom. The molecule has 0 radical (unpaired) electrons. The Bertz CT molecular complexity index is 139. The van der Waals surface area contributed by atoms with E-state index in [4.69, 9.17) is 4.74 Å². The van der Waals surface area contributed by atoms with Gasteiger partial charge in [0.2, 0.25) is 0 Å². The van der Waals surface area contributed by atoms with E-state index in [-0.39, 0.29) is 0 Å². The minimum absolute atomic E-state index is 0.685. The van der Waals surface area contributed by atoms with E-state index in [1.54, 1.807) is 24.0 Å². The molecule has 0 aromatic carbocycles. The van der Waals surface area contributed by atoms with Gasteiger partial charge in [-0.05, 0) is 0 Å². The monoisotopic (exact) mass is 159 g/mol. The van der Waals surface area contributed by atoms with Crippen molar-refractivity contribution in [3.8, 4) is 0 Å². The Hall–Kier alpha value is -0.410. The highest BCUT2D eigenvalue weighted by Crippen LogP contribution is 2.05. The van der Waals surface area contributed by atoms with Gasteiger partial charge in [-0.2, -0.15) is 0 Å². The second-order valence-electron chi connectivity index (χ2n) is 1.40. The second-order valence-corrected chi connectivity index (χ2v) is 2.37. The van der Waals surface area contributed by atoms with Crippen LogP contribution in [0.3, 0.4) is 0 Å². The van der Waals surface area contributed by atoms with Crippen molar-refractivity contribution in [2.24, 2.45) is 0 Å². The fourth-order valence-electron chi connectivity index (χ4n) is 0.456.